The van der Waals surface area contributed by atoms with Crippen molar-refractivity contribution < 1.29 is 4.52 Å². The summed E-state index contributed by atoms with van der Waals surface area (Å²) >= 11 is 1.62. The van der Waals surface area contributed by atoms with Crippen LogP contribution in [0.2, 0.25) is 0 Å². The summed E-state index contributed by atoms with van der Waals surface area (Å²) in [6.45, 7) is 0. The highest BCUT2D eigenvalue weighted by Gasteiger charge is 2.36. The monoisotopic (exact) mass is 235 g/mol. The van der Waals surface area contributed by atoms with Crippen LogP contribution in [0.4, 0.5) is 0 Å². The summed E-state index contributed by atoms with van der Waals surface area (Å²) in [7, 11) is 0. The molecule has 0 saturated heterocycles. The molecule has 0 bridgehead atoms. The lowest BCUT2D eigenvalue weighted by atomic mass is 9.99. The van der Waals surface area contributed by atoms with Crippen molar-refractivity contribution in [3.05, 3.63) is 22.7 Å². The van der Waals surface area contributed by atoms with Gasteiger partial charge < -0.3 is 10.3 Å². The number of nitrogens with zero attached hydrogens (tertiary/aromatic N) is 2. The molecule has 1 aliphatic rings. The molecule has 0 spiro atoms. The highest BCUT2D eigenvalue weighted by molar-refractivity contribution is 7.08. The van der Waals surface area contributed by atoms with E-state index < -0.39 is 0 Å². The first kappa shape index (κ1) is 9.99. The number of rotatable bonds is 2. The van der Waals surface area contributed by atoms with Crippen molar-refractivity contribution in [2.75, 3.05) is 0 Å². The molecule has 0 unspecified atom stereocenters. The molecule has 0 aromatic carbocycles. The molecule has 5 heteroatoms. The number of aromatic nitrogens is 2. The molecular weight excluding hydrogens is 222 g/mol. The normalized spacial score (nSPS) is 19.1. The van der Waals surface area contributed by atoms with Gasteiger partial charge in [0.25, 0.3) is 0 Å². The average Bonchev–Trinajstić information content (AvgIpc) is 2.98. The first-order chi connectivity index (χ1) is 7.78. The number of nitrogens with two attached hydrogens (primary N) is 1. The Morgan fingerprint density at radius 2 is 2.19 bits per heavy atom. The summed E-state index contributed by atoms with van der Waals surface area (Å²) in [6, 6.07) is 1.98. The number of hydrogen-bond donors (Lipinski definition) is 1. The van der Waals surface area contributed by atoms with E-state index in [1.54, 1.807) is 11.3 Å². The Kier molecular flexibility index (Phi) is 2.29. The maximum Gasteiger partial charge on any atom is 0.247 e. The van der Waals surface area contributed by atoms with Crippen LogP contribution in [-0.2, 0) is 5.54 Å². The highest BCUT2D eigenvalue weighted by atomic mass is 32.1. The Morgan fingerprint density at radius 3 is 2.88 bits per heavy atom. The van der Waals surface area contributed by atoms with E-state index in [2.05, 4.69) is 10.1 Å². The number of thiophene rings is 1. The van der Waals surface area contributed by atoms with Gasteiger partial charge in [-0.15, -0.1) is 0 Å². The zero-order valence-electron chi connectivity index (χ0n) is 8.85. The van der Waals surface area contributed by atoms with Crippen LogP contribution in [-0.4, -0.2) is 10.1 Å². The van der Waals surface area contributed by atoms with Crippen LogP contribution < -0.4 is 5.73 Å². The molecule has 0 radical (unpaired) electrons. The van der Waals surface area contributed by atoms with Gasteiger partial charge in [-0.05, 0) is 24.3 Å². The third kappa shape index (κ3) is 1.56. The molecule has 1 fully saturated rings. The fourth-order valence-electron chi connectivity index (χ4n) is 2.15. The topological polar surface area (TPSA) is 64.9 Å². The molecule has 1 saturated carbocycles. The standard InChI is InChI=1S/C11H13N3OS/c12-11(4-1-2-5-11)10-13-9(14-15-10)8-3-6-16-7-8/h3,6-7H,1-2,4-5,12H2. The molecule has 16 heavy (non-hydrogen) atoms. The first-order valence-electron chi connectivity index (χ1n) is 5.44. The van der Waals surface area contributed by atoms with Crippen LogP contribution in [0.5, 0.6) is 0 Å². The number of hydrogen-bond acceptors (Lipinski definition) is 5. The molecule has 2 N–H and O–H groups in total. The molecule has 2 aromatic rings. The van der Waals surface area contributed by atoms with Gasteiger partial charge in [0.05, 0.1) is 5.54 Å². The lowest BCUT2D eigenvalue weighted by molar-refractivity contribution is 0.285. The molecule has 2 heterocycles. The molecule has 2 aromatic heterocycles. The largest absolute Gasteiger partial charge is 0.337 e. The van der Waals surface area contributed by atoms with Crippen molar-refractivity contribution in [2.24, 2.45) is 5.73 Å². The van der Waals surface area contributed by atoms with E-state index >= 15 is 0 Å². The van der Waals surface area contributed by atoms with Crippen molar-refractivity contribution >= 4 is 11.3 Å². The molecule has 0 atom stereocenters. The fourth-order valence-corrected chi connectivity index (χ4v) is 2.79. The second-order valence-corrected chi connectivity index (χ2v) is 5.08. The van der Waals surface area contributed by atoms with Gasteiger partial charge in [-0.2, -0.15) is 16.3 Å². The van der Waals surface area contributed by atoms with Gasteiger partial charge in [0, 0.05) is 10.9 Å². The Bertz CT molecular complexity index is 471. The second-order valence-electron chi connectivity index (χ2n) is 4.30. The predicted octanol–water partition coefficient (Wildman–Crippen LogP) is 2.53. The lowest BCUT2D eigenvalue weighted by Crippen LogP contribution is -2.33. The van der Waals surface area contributed by atoms with E-state index in [1.807, 2.05) is 16.8 Å². The maximum atomic E-state index is 6.25. The Labute approximate surface area is 97.5 Å². The Hall–Kier alpha value is -1.20. The van der Waals surface area contributed by atoms with Crippen molar-refractivity contribution in [1.82, 2.24) is 10.1 Å². The van der Waals surface area contributed by atoms with E-state index in [9.17, 15) is 0 Å². The second kappa shape index (κ2) is 3.68. The molecule has 4 nitrogen and oxygen atoms in total. The summed E-state index contributed by atoms with van der Waals surface area (Å²) in [5.41, 5.74) is 6.87. The van der Waals surface area contributed by atoms with E-state index in [0.29, 0.717) is 11.7 Å². The molecule has 84 valence electrons. The van der Waals surface area contributed by atoms with Gasteiger partial charge in [-0.1, -0.05) is 18.0 Å². The first-order valence-corrected chi connectivity index (χ1v) is 6.38. The quantitative estimate of drug-likeness (QED) is 0.868. The fraction of sp³-hybridized carbons (Fsp3) is 0.455. The van der Waals surface area contributed by atoms with Crippen molar-refractivity contribution in [3.8, 4) is 11.4 Å². The van der Waals surface area contributed by atoms with Gasteiger partial charge >= 0.3 is 0 Å². The highest BCUT2D eigenvalue weighted by Crippen LogP contribution is 2.36. The molecule has 1 aliphatic carbocycles. The van der Waals surface area contributed by atoms with E-state index in [-0.39, 0.29) is 5.54 Å². The summed E-state index contributed by atoms with van der Waals surface area (Å²) in [6.07, 6.45) is 4.18. The van der Waals surface area contributed by atoms with E-state index in [1.165, 1.54) is 0 Å². The smallest absolute Gasteiger partial charge is 0.247 e. The van der Waals surface area contributed by atoms with E-state index in [4.69, 9.17) is 10.3 Å². The zero-order chi connectivity index (χ0) is 11.0. The van der Waals surface area contributed by atoms with Crippen LogP contribution in [0, 0.1) is 0 Å². The third-order valence-corrected chi connectivity index (χ3v) is 3.81. The SMILES string of the molecule is NC1(c2nc(-c3ccsc3)no2)CCCC1. The summed E-state index contributed by atoms with van der Waals surface area (Å²) in [5.74, 6) is 1.24. The Balaban J connectivity index is 1.93. The minimum Gasteiger partial charge on any atom is -0.337 e. The van der Waals surface area contributed by atoms with Crippen molar-refractivity contribution in [3.63, 3.8) is 0 Å². The van der Waals surface area contributed by atoms with E-state index in [0.717, 1.165) is 31.2 Å². The summed E-state index contributed by atoms with van der Waals surface area (Å²) < 4.78 is 5.29. The molecule has 0 amide bonds. The lowest BCUT2D eigenvalue weighted by Gasteiger charge is -2.17. The van der Waals surface area contributed by atoms with Crippen molar-refractivity contribution in [2.45, 2.75) is 31.2 Å². The molecule has 3 rings (SSSR count). The minimum atomic E-state index is -0.388. The molecular formula is C11H13N3OS. The maximum absolute atomic E-state index is 6.25. The molecule has 0 aliphatic heterocycles. The van der Waals surface area contributed by atoms with Crippen LogP contribution >= 0.6 is 11.3 Å². The van der Waals surface area contributed by atoms with Crippen LogP contribution in [0.15, 0.2) is 21.3 Å². The van der Waals surface area contributed by atoms with Gasteiger partial charge in [0.1, 0.15) is 0 Å². The third-order valence-electron chi connectivity index (χ3n) is 3.13. The van der Waals surface area contributed by atoms with Crippen LogP contribution in [0.1, 0.15) is 31.6 Å². The van der Waals surface area contributed by atoms with Gasteiger partial charge in [-0.3, -0.25) is 0 Å². The van der Waals surface area contributed by atoms with Crippen LogP contribution in [0.3, 0.4) is 0 Å². The van der Waals surface area contributed by atoms with Crippen molar-refractivity contribution in [1.29, 1.82) is 0 Å². The predicted molar refractivity (Wildman–Crippen MR) is 61.9 cm³/mol. The zero-order valence-corrected chi connectivity index (χ0v) is 9.67. The Morgan fingerprint density at radius 1 is 1.38 bits per heavy atom. The summed E-state index contributed by atoms with van der Waals surface area (Å²) in [5, 5.41) is 7.99. The van der Waals surface area contributed by atoms with Gasteiger partial charge in [0.15, 0.2) is 0 Å². The minimum absolute atomic E-state index is 0.388. The van der Waals surface area contributed by atoms with Crippen LogP contribution in [0.25, 0.3) is 11.4 Å². The average molecular weight is 235 g/mol. The van der Waals surface area contributed by atoms with Gasteiger partial charge in [0.2, 0.25) is 11.7 Å². The summed E-state index contributed by atoms with van der Waals surface area (Å²) in [4.78, 5) is 4.41. The van der Waals surface area contributed by atoms with Gasteiger partial charge in [-0.25, -0.2) is 0 Å².